The second-order valence-corrected chi connectivity index (χ2v) is 22.4. The van der Waals surface area contributed by atoms with Crippen molar-refractivity contribution in [3.05, 3.63) is 24.3 Å². The van der Waals surface area contributed by atoms with Crippen LogP contribution < -0.4 is 0 Å². The third kappa shape index (κ3) is 43.7. The molecular formula is C65H118O12. The fourth-order valence-corrected chi connectivity index (χ4v) is 10.0. The van der Waals surface area contributed by atoms with Gasteiger partial charge in [-0.15, -0.1) is 0 Å². The maximum absolute atomic E-state index is 13.2. The number of rotatable bonds is 56. The van der Waals surface area contributed by atoms with Crippen molar-refractivity contribution in [2.75, 3.05) is 13.2 Å². The molecule has 1 rings (SSSR count). The molecule has 1 saturated heterocycles. The molecule has 0 radical (unpaired) electrons. The van der Waals surface area contributed by atoms with Gasteiger partial charge in [0.25, 0.3) is 0 Å². The molecule has 6 unspecified atom stereocenters. The molecule has 0 aromatic carbocycles. The number of hydrogen-bond acceptors (Lipinski definition) is 11. The highest BCUT2D eigenvalue weighted by molar-refractivity contribution is 5.74. The van der Waals surface area contributed by atoms with Crippen LogP contribution in [0.15, 0.2) is 24.3 Å². The number of allylic oxidation sites excluding steroid dienone is 4. The van der Waals surface area contributed by atoms with Gasteiger partial charge in [-0.1, -0.05) is 251 Å². The zero-order chi connectivity index (χ0) is 56.1. The van der Waals surface area contributed by atoms with Crippen LogP contribution in [0.25, 0.3) is 0 Å². The molecule has 450 valence electrons. The minimum atomic E-state index is -1.90. The van der Waals surface area contributed by atoms with Crippen molar-refractivity contribution in [2.24, 2.45) is 0 Å². The number of ether oxygens (including phenoxy) is 5. The van der Waals surface area contributed by atoms with E-state index >= 15 is 0 Å². The lowest BCUT2D eigenvalue weighted by Crippen LogP contribution is -2.61. The van der Waals surface area contributed by atoms with E-state index in [1.807, 2.05) is 0 Å². The first-order chi connectivity index (χ1) is 37.6. The number of esters is 3. The summed E-state index contributed by atoms with van der Waals surface area (Å²) in [5.74, 6) is -3.10. The van der Waals surface area contributed by atoms with Gasteiger partial charge in [-0.2, -0.15) is 0 Å². The Morgan fingerprint density at radius 1 is 0.416 bits per heavy atom. The second-order valence-electron chi connectivity index (χ2n) is 22.4. The van der Waals surface area contributed by atoms with Gasteiger partial charge in [0.2, 0.25) is 0 Å². The fraction of sp³-hybridized carbons (Fsp3) is 0.877. The lowest BCUT2D eigenvalue weighted by atomic mass is 9.98. The van der Waals surface area contributed by atoms with Crippen molar-refractivity contribution in [1.29, 1.82) is 0 Å². The van der Waals surface area contributed by atoms with Gasteiger partial charge in [0.15, 0.2) is 24.6 Å². The lowest BCUT2D eigenvalue weighted by molar-refractivity contribution is -0.301. The van der Waals surface area contributed by atoms with E-state index < -0.39 is 67.3 Å². The van der Waals surface area contributed by atoms with Gasteiger partial charge in [0, 0.05) is 19.3 Å². The lowest BCUT2D eigenvalue weighted by Gasteiger charge is -2.40. The zero-order valence-electron chi connectivity index (χ0n) is 49.7. The van der Waals surface area contributed by atoms with Gasteiger partial charge >= 0.3 is 23.9 Å². The monoisotopic (exact) mass is 1090 g/mol. The number of hydrogen-bond donors (Lipinski definition) is 3. The van der Waals surface area contributed by atoms with Gasteiger partial charge in [-0.05, 0) is 70.6 Å². The van der Waals surface area contributed by atoms with Crippen LogP contribution in [0.2, 0.25) is 0 Å². The first kappa shape index (κ1) is 72.2. The Morgan fingerprint density at radius 3 is 1.10 bits per heavy atom. The van der Waals surface area contributed by atoms with E-state index in [1.165, 1.54) is 173 Å². The van der Waals surface area contributed by atoms with Crippen LogP contribution in [-0.4, -0.2) is 89.2 Å². The summed E-state index contributed by atoms with van der Waals surface area (Å²) in [4.78, 5) is 51.3. The van der Waals surface area contributed by atoms with Gasteiger partial charge in [0.1, 0.15) is 18.8 Å². The minimum Gasteiger partial charge on any atom is -0.479 e. The summed E-state index contributed by atoms with van der Waals surface area (Å²) < 4.78 is 28.5. The van der Waals surface area contributed by atoms with E-state index in [1.54, 1.807) is 0 Å². The molecule has 12 nitrogen and oxygen atoms in total. The van der Waals surface area contributed by atoms with Crippen molar-refractivity contribution in [3.63, 3.8) is 0 Å². The highest BCUT2D eigenvalue weighted by atomic mass is 16.7. The molecule has 0 bridgehead atoms. The summed E-state index contributed by atoms with van der Waals surface area (Å²) in [5.41, 5.74) is 0. The molecule has 1 heterocycles. The number of aliphatic hydroxyl groups excluding tert-OH is 2. The van der Waals surface area contributed by atoms with Crippen molar-refractivity contribution in [2.45, 2.75) is 353 Å². The predicted octanol–water partition coefficient (Wildman–Crippen LogP) is 17.0. The molecule has 0 amide bonds. The molecule has 3 N–H and O–H groups in total. The number of aliphatic hydroxyl groups is 2. The number of aliphatic carboxylic acids is 1. The number of carbonyl (C=O) groups is 4. The summed E-state index contributed by atoms with van der Waals surface area (Å²) in [5, 5.41) is 31.5. The maximum atomic E-state index is 13.2. The van der Waals surface area contributed by atoms with Crippen molar-refractivity contribution < 1.29 is 58.2 Å². The summed E-state index contributed by atoms with van der Waals surface area (Å²) in [6, 6.07) is 0. The largest absolute Gasteiger partial charge is 0.479 e. The Labute approximate surface area is 470 Å². The molecule has 0 aromatic rings. The number of carboxylic acids is 1. The molecule has 6 atom stereocenters. The Hall–Kier alpha value is -2.80. The average molecular weight is 1090 g/mol. The SMILES string of the molecule is CCCCCCCC/C=C\CCCCCCCCCC(=O)OCC(COC1OC(C(=O)O)C(O)C(O)C1OC(=O)CCCCCCC/C=C\CCCCCCCC)OC(=O)CCCCCCCCCCCCCCCCC. The average Bonchev–Trinajstić information content (AvgIpc) is 3.42. The third-order valence-corrected chi connectivity index (χ3v) is 15.0. The van der Waals surface area contributed by atoms with Crippen LogP contribution in [0.5, 0.6) is 0 Å². The van der Waals surface area contributed by atoms with Crippen LogP contribution in [-0.2, 0) is 42.9 Å². The molecule has 1 aliphatic heterocycles. The van der Waals surface area contributed by atoms with Gasteiger partial charge in [-0.25, -0.2) is 4.79 Å². The van der Waals surface area contributed by atoms with Crippen molar-refractivity contribution in [1.82, 2.24) is 0 Å². The normalized spacial score (nSPS) is 18.1. The van der Waals surface area contributed by atoms with Gasteiger partial charge < -0.3 is 39.0 Å². The minimum absolute atomic E-state index is 0.0549. The topological polar surface area (TPSA) is 175 Å². The Bertz CT molecular complexity index is 1430. The van der Waals surface area contributed by atoms with Crippen LogP contribution in [0.3, 0.4) is 0 Å². The molecular weight excluding hydrogens is 973 g/mol. The van der Waals surface area contributed by atoms with E-state index in [0.29, 0.717) is 19.3 Å². The smallest absolute Gasteiger partial charge is 0.335 e. The summed E-state index contributed by atoms with van der Waals surface area (Å²) >= 11 is 0. The highest BCUT2D eigenvalue weighted by Gasteiger charge is 2.50. The molecule has 0 aliphatic carbocycles. The third-order valence-electron chi connectivity index (χ3n) is 15.0. The molecule has 77 heavy (non-hydrogen) atoms. The van der Waals surface area contributed by atoms with Gasteiger partial charge in [0.05, 0.1) is 6.61 Å². The van der Waals surface area contributed by atoms with E-state index in [2.05, 4.69) is 45.1 Å². The van der Waals surface area contributed by atoms with Crippen LogP contribution in [0.4, 0.5) is 0 Å². The quantitative estimate of drug-likeness (QED) is 0.0228. The first-order valence-corrected chi connectivity index (χ1v) is 32.3. The van der Waals surface area contributed by atoms with Crippen molar-refractivity contribution >= 4 is 23.9 Å². The molecule has 0 saturated carbocycles. The molecule has 0 aromatic heterocycles. The molecule has 12 heteroatoms. The number of carboxylic acid groups (broad SMARTS) is 1. The predicted molar refractivity (Wildman–Crippen MR) is 313 cm³/mol. The number of unbranched alkanes of at least 4 members (excludes halogenated alkanes) is 38. The van der Waals surface area contributed by atoms with E-state index in [0.717, 1.165) is 83.5 Å². The Kier molecular flexibility index (Phi) is 50.5. The molecule has 1 aliphatic rings. The van der Waals surface area contributed by atoms with E-state index in [-0.39, 0.29) is 25.9 Å². The maximum Gasteiger partial charge on any atom is 0.335 e. The Balaban J connectivity index is 2.66. The summed E-state index contributed by atoms with van der Waals surface area (Å²) in [7, 11) is 0. The second kappa shape index (κ2) is 53.8. The highest BCUT2D eigenvalue weighted by Crippen LogP contribution is 2.27. The number of carbonyl (C=O) groups excluding carboxylic acids is 3. The van der Waals surface area contributed by atoms with E-state index in [9.17, 15) is 34.5 Å². The van der Waals surface area contributed by atoms with E-state index in [4.69, 9.17) is 23.7 Å². The standard InChI is InChI=1S/C65H118O12/c1-4-7-10-13-16-19-22-25-28-29-32-33-36-39-42-45-48-51-57(66)73-54-56(75-58(67)52-49-46-43-40-37-34-30-26-23-20-17-14-11-8-5-2)55-74-65-63(61(70)60(69)62(77-65)64(71)72)76-59(68)53-50-47-44-41-38-35-31-27-24-21-18-15-12-9-6-3/h25,27-28,31,56,60-63,65,69-70H,4-24,26,29-30,32-55H2,1-3H3,(H,71,72)/b28-25-,31-27-. The summed E-state index contributed by atoms with van der Waals surface area (Å²) in [6.45, 7) is 6.02. The van der Waals surface area contributed by atoms with Crippen LogP contribution in [0.1, 0.15) is 316 Å². The fourth-order valence-electron chi connectivity index (χ4n) is 10.0. The Morgan fingerprint density at radius 2 is 0.740 bits per heavy atom. The first-order valence-electron chi connectivity index (χ1n) is 32.3. The summed E-state index contributed by atoms with van der Waals surface area (Å²) in [6.07, 6.45) is 49.9. The zero-order valence-corrected chi connectivity index (χ0v) is 49.7. The van der Waals surface area contributed by atoms with Crippen molar-refractivity contribution in [3.8, 4) is 0 Å². The van der Waals surface area contributed by atoms with Crippen LogP contribution in [0, 0.1) is 0 Å². The molecule has 0 spiro atoms. The van der Waals surface area contributed by atoms with Crippen LogP contribution >= 0.6 is 0 Å². The molecule has 1 fully saturated rings. The van der Waals surface area contributed by atoms with Gasteiger partial charge in [-0.3, -0.25) is 14.4 Å².